The third-order valence-corrected chi connectivity index (χ3v) is 4.96. The van der Waals surface area contributed by atoms with Gasteiger partial charge >= 0.3 is 0 Å². The normalized spacial score (nSPS) is 16.9. The van der Waals surface area contributed by atoms with Crippen LogP contribution >= 0.6 is 11.6 Å². The highest BCUT2D eigenvalue weighted by molar-refractivity contribution is 6.30. The van der Waals surface area contributed by atoms with Crippen molar-refractivity contribution < 1.29 is 14.1 Å². The van der Waals surface area contributed by atoms with Gasteiger partial charge in [-0.25, -0.2) is 0 Å². The Bertz CT molecular complexity index is 742. The average Bonchev–Trinajstić information content (AvgIpc) is 3.08. The number of nitrogens with zero attached hydrogens (tertiary/aromatic N) is 3. The van der Waals surface area contributed by atoms with Gasteiger partial charge in [0.05, 0.1) is 6.04 Å². The van der Waals surface area contributed by atoms with Crippen LogP contribution in [-0.4, -0.2) is 66.2 Å². The Balaban J connectivity index is 1.37. The van der Waals surface area contributed by atoms with Crippen molar-refractivity contribution in [2.45, 2.75) is 19.9 Å². The molecule has 8 heteroatoms. The van der Waals surface area contributed by atoms with Gasteiger partial charge in [0.2, 0.25) is 5.91 Å². The summed E-state index contributed by atoms with van der Waals surface area (Å²) in [6.45, 7) is 8.69. The number of hydrogen-bond acceptors (Lipinski definition) is 6. The minimum atomic E-state index is -0.213. The number of anilines is 1. The van der Waals surface area contributed by atoms with E-state index in [2.05, 4.69) is 20.3 Å². The molecule has 146 valence electrons. The first kappa shape index (κ1) is 19.7. The molecule has 7 nitrogen and oxygen atoms in total. The van der Waals surface area contributed by atoms with Crippen LogP contribution in [0.5, 0.6) is 5.75 Å². The van der Waals surface area contributed by atoms with Gasteiger partial charge in [-0.1, -0.05) is 16.8 Å². The summed E-state index contributed by atoms with van der Waals surface area (Å²) in [5, 5.41) is 7.31. The zero-order chi connectivity index (χ0) is 19.2. The molecule has 0 saturated carbocycles. The van der Waals surface area contributed by atoms with E-state index in [1.165, 1.54) is 0 Å². The number of aryl methyl sites for hydroxylation is 1. The highest BCUT2D eigenvalue weighted by Crippen LogP contribution is 2.16. The number of rotatable bonds is 7. The number of carbonyl (C=O) groups excluding carboxylic acids is 1. The molecule has 1 amide bonds. The monoisotopic (exact) mass is 392 g/mol. The van der Waals surface area contributed by atoms with Crippen LogP contribution in [0.1, 0.15) is 12.7 Å². The molecule has 1 unspecified atom stereocenters. The summed E-state index contributed by atoms with van der Waals surface area (Å²) in [4.78, 5) is 16.9. The number of amides is 1. The second kappa shape index (κ2) is 9.21. The fourth-order valence-corrected chi connectivity index (χ4v) is 3.15. The highest BCUT2D eigenvalue weighted by atomic mass is 35.5. The lowest BCUT2D eigenvalue weighted by molar-refractivity contribution is -0.121. The zero-order valence-electron chi connectivity index (χ0n) is 15.7. The van der Waals surface area contributed by atoms with E-state index < -0.39 is 0 Å². The molecule has 2 heterocycles. The Morgan fingerprint density at radius 2 is 2.00 bits per heavy atom. The number of nitrogens with one attached hydrogen (secondary N) is 1. The smallest absolute Gasteiger partial charge is 0.242 e. The summed E-state index contributed by atoms with van der Waals surface area (Å²) < 4.78 is 10.7. The van der Waals surface area contributed by atoms with Crippen LogP contribution in [0.3, 0.4) is 0 Å². The largest absolute Gasteiger partial charge is 0.492 e. The maximum atomic E-state index is 12.4. The van der Waals surface area contributed by atoms with Gasteiger partial charge in [0.25, 0.3) is 0 Å². The molecule has 3 rings (SSSR count). The van der Waals surface area contributed by atoms with Gasteiger partial charge in [0.15, 0.2) is 5.82 Å². The Morgan fingerprint density at radius 3 is 2.63 bits per heavy atom. The summed E-state index contributed by atoms with van der Waals surface area (Å²) in [5.41, 5.74) is 0. The fourth-order valence-electron chi connectivity index (χ4n) is 3.02. The van der Waals surface area contributed by atoms with E-state index in [1.807, 2.05) is 31.2 Å². The van der Waals surface area contributed by atoms with Crippen LogP contribution in [0.25, 0.3) is 0 Å². The van der Waals surface area contributed by atoms with Crippen LogP contribution in [0.2, 0.25) is 5.02 Å². The van der Waals surface area contributed by atoms with Crippen molar-refractivity contribution in [3.8, 4) is 5.75 Å². The predicted octanol–water partition coefficient (Wildman–Crippen LogP) is 2.66. The lowest BCUT2D eigenvalue weighted by Gasteiger charge is -2.37. The van der Waals surface area contributed by atoms with Crippen molar-refractivity contribution in [3.63, 3.8) is 0 Å². The molecular formula is C19H25ClN4O3. The SMILES string of the molecule is Cc1cc(NC(=O)C(C)N2CCN(CCOc3ccc(Cl)cc3)CC2)no1. The number of hydrogen-bond donors (Lipinski definition) is 1. The minimum Gasteiger partial charge on any atom is -0.492 e. The van der Waals surface area contributed by atoms with E-state index in [0.717, 1.165) is 38.5 Å². The number of carbonyl (C=O) groups is 1. The molecule has 1 aromatic carbocycles. The molecule has 0 bridgehead atoms. The Hall–Kier alpha value is -2.09. The number of ether oxygens (including phenoxy) is 1. The maximum Gasteiger partial charge on any atom is 0.242 e. The van der Waals surface area contributed by atoms with Gasteiger partial charge in [-0.15, -0.1) is 0 Å². The van der Waals surface area contributed by atoms with Gasteiger partial charge in [0, 0.05) is 43.8 Å². The fraction of sp³-hybridized carbons (Fsp3) is 0.474. The minimum absolute atomic E-state index is 0.0668. The third kappa shape index (κ3) is 5.69. The van der Waals surface area contributed by atoms with Crippen LogP contribution in [0.15, 0.2) is 34.9 Å². The molecular weight excluding hydrogens is 368 g/mol. The van der Waals surface area contributed by atoms with E-state index in [0.29, 0.717) is 23.2 Å². The molecule has 1 N–H and O–H groups in total. The summed E-state index contributed by atoms with van der Waals surface area (Å²) >= 11 is 5.87. The van der Waals surface area contributed by atoms with Crippen LogP contribution in [0, 0.1) is 6.92 Å². The molecule has 0 aliphatic carbocycles. The lowest BCUT2D eigenvalue weighted by atomic mass is 10.2. The van der Waals surface area contributed by atoms with Crippen LogP contribution in [-0.2, 0) is 4.79 Å². The highest BCUT2D eigenvalue weighted by Gasteiger charge is 2.26. The average molecular weight is 393 g/mol. The number of aromatic nitrogens is 1. The topological polar surface area (TPSA) is 70.8 Å². The van der Waals surface area contributed by atoms with E-state index in [1.54, 1.807) is 13.0 Å². The summed E-state index contributed by atoms with van der Waals surface area (Å²) in [5.74, 6) is 1.89. The third-order valence-electron chi connectivity index (χ3n) is 4.70. The van der Waals surface area contributed by atoms with Gasteiger partial charge in [0.1, 0.15) is 18.1 Å². The molecule has 0 spiro atoms. The Kier molecular flexibility index (Phi) is 6.71. The van der Waals surface area contributed by atoms with Crippen molar-refractivity contribution in [3.05, 3.63) is 41.1 Å². The molecule has 0 radical (unpaired) electrons. The standard InChI is InChI=1S/C19H25ClN4O3/c1-14-13-18(22-27-14)21-19(25)15(2)24-9-7-23(8-10-24)11-12-26-17-5-3-16(20)4-6-17/h3-6,13,15H,7-12H2,1-2H3,(H,21,22,25). The van der Waals surface area contributed by atoms with Crippen molar-refractivity contribution in [1.82, 2.24) is 15.0 Å². The molecule has 1 saturated heterocycles. The molecule has 2 aromatic rings. The lowest BCUT2D eigenvalue weighted by Crippen LogP contribution is -2.53. The Morgan fingerprint density at radius 1 is 1.30 bits per heavy atom. The maximum absolute atomic E-state index is 12.4. The van der Waals surface area contributed by atoms with Crippen molar-refractivity contribution in [2.75, 3.05) is 44.6 Å². The first-order valence-corrected chi connectivity index (χ1v) is 9.48. The van der Waals surface area contributed by atoms with Crippen molar-refractivity contribution in [1.29, 1.82) is 0 Å². The van der Waals surface area contributed by atoms with E-state index in [4.69, 9.17) is 20.9 Å². The van der Waals surface area contributed by atoms with Gasteiger partial charge < -0.3 is 14.6 Å². The summed E-state index contributed by atoms with van der Waals surface area (Å²) in [6.07, 6.45) is 0. The van der Waals surface area contributed by atoms with Crippen LogP contribution < -0.4 is 10.1 Å². The molecule has 1 fully saturated rings. The predicted molar refractivity (Wildman–Crippen MR) is 104 cm³/mol. The Labute approximate surface area is 164 Å². The first-order valence-electron chi connectivity index (χ1n) is 9.10. The van der Waals surface area contributed by atoms with Crippen LogP contribution in [0.4, 0.5) is 5.82 Å². The summed E-state index contributed by atoms with van der Waals surface area (Å²) in [7, 11) is 0. The molecule has 27 heavy (non-hydrogen) atoms. The van der Waals surface area contributed by atoms with Crippen molar-refractivity contribution >= 4 is 23.3 Å². The zero-order valence-corrected chi connectivity index (χ0v) is 16.4. The van der Waals surface area contributed by atoms with Gasteiger partial charge in [-0.2, -0.15) is 0 Å². The van der Waals surface area contributed by atoms with E-state index in [9.17, 15) is 4.79 Å². The number of halogens is 1. The second-order valence-corrected chi connectivity index (χ2v) is 7.10. The summed E-state index contributed by atoms with van der Waals surface area (Å²) in [6, 6.07) is 8.89. The quantitative estimate of drug-likeness (QED) is 0.781. The molecule has 1 aliphatic rings. The first-order chi connectivity index (χ1) is 13.0. The molecule has 1 aromatic heterocycles. The van der Waals surface area contributed by atoms with Crippen molar-refractivity contribution in [2.24, 2.45) is 0 Å². The molecule has 1 atom stereocenters. The second-order valence-electron chi connectivity index (χ2n) is 6.67. The number of piperazine rings is 1. The van der Waals surface area contributed by atoms with E-state index >= 15 is 0 Å². The van der Waals surface area contributed by atoms with Gasteiger partial charge in [-0.3, -0.25) is 14.6 Å². The number of benzene rings is 1. The van der Waals surface area contributed by atoms with Gasteiger partial charge in [-0.05, 0) is 38.1 Å². The van der Waals surface area contributed by atoms with E-state index in [-0.39, 0.29) is 11.9 Å². The molecule has 1 aliphatic heterocycles.